The second-order valence-corrected chi connectivity index (χ2v) is 23.6. The van der Waals surface area contributed by atoms with Crippen LogP contribution in [0.1, 0.15) is 119 Å². The first kappa shape index (κ1) is 81.2. The number of aliphatic carboxylic acids is 1. The van der Waals surface area contributed by atoms with Gasteiger partial charge in [-0.3, -0.25) is 52.3 Å². The molecule has 0 radical (unpaired) electrons. The van der Waals surface area contributed by atoms with Crippen molar-refractivity contribution in [1.29, 1.82) is 0 Å². The molecule has 0 aliphatic carbocycles. The predicted molar refractivity (Wildman–Crippen MR) is 343 cm³/mol. The fraction of sp³-hybridized carbons (Fsp3) is 0.538. The molecule has 0 fully saturated rings. The van der Waals surface area contributed by atoms with Crippen LogP contribution in [0.3, 0.4) is 0 Å². The fourth-order valence-electron chi connectivity index (χ4n) is 10.2. The van der Waals surface area contributed by atoms with Crippen LogP contribution >= 0.6 is 0 Å². The van der Waals surface area contributed by atoms with Crippen LogP contribution in [0.4, 0.5) is 8.78 Å². The van der Waals surface area contributed by atoms with E-state index in [-0.39, 0.29) is 61.4 Å². The Morgan fingerprint density at radius 1 is 0.546 bits per heavy atom. The number of ketones is 1. The monoisotopic (exact) mass is 1370 g/mol. The molecule has 536 valence electrons. The van der Waals surface area contributed by atoms with Crippen LogP contribution in [0.15, 0.2) is 82.4 Å². The highest BCUT2D eigenvalue weighted by Crippen LogP contribution is 2.24. The highest BCUT2D eigenvalue weighted by Gasteiger charge is 2.34. The number of carboxylic acid groups (broad SMARTS) is 1. The number of rotatable bonds is 44. The number of hydrogen-bond acceptors (Lipinski definition) is 21. The third-order valence-corrected chi connectivity index (χ3v) is 16.2. The minimum atomic E-state index is -2.03. The Morgan fingerprint density at radius 3 is 1.60 bits per heavy atom. The smallest absolute Gasteiger partial charge is 0.331 e. The Bertz CT molecular complexity index is 3360. The van der Waals surface area contributed by atoms with Crippen LogP contribution in [-0.4, -0.2) is 212 Å². The summed E-state index contributed by atoms with van der Waals surface area (Å²) in [5, 5.41) is 122. The molecule has 0 aliphatic heterocycles. The second-order valence-electron chi connectivity index (χ2n) is 23.6. The number of Topliss-reactive ketones (excluding diaryl/α,β-unsaturated/α-hetero) is 1. The van der Waals surface area contributed by atoms with Crippen LogP contribution in [0.5, 0.6) is 0 Å². The zero-order chi connectivity index (χ0) is 72.1. The highest BCUT2D eigenvalue weighted by molar-refractivity contribution is 5.95. The predicted octanol–water partition coefficient (Wildman–Crippen LogP) is -3.03. The Labute approximate surface area is 556 Å². The zero-order valence-electron chi connectivity index (χ0n) is 53.9. The van der Waals surface area contributed by atoms with Crippen LogP contribution in [-0.2, 0) is 57.9 Å². The summed E-state index contributed by atoms with van der Waals surface area (Å²) < 4.78 is 32.1. The van der Waals surface area contributed by atoms with Crippen molar-refractivity contribution in [3.8, 4) is 11.1 Å². The Balaban J connectivity index is 1.35. The van der Waals surface area contributed by atoms with Crippen LogP contribution < -0.4 is 48.9 Å². The lowest BCUT2D eigenvalue weighted by Crippen LogP contribution is -2.56. The van der Waals surface area contributed by atoms with Crippen LogP contribution in [0, 0.1) is 18.6 Å². The number of carbonyl (C=O) groups is 8. The van der Waals surface area contributed by atoms with Crippen molar-refractivity contribution in [3.63, 3.8) is 0 Å². The molecule has 0 saturated heterocycles. The van der Waals surface area contributed by atoms with Gasteiger partial charge in [0.1, 0.15) is 60.3 Å². The van der Waals surface area contributed by atoms with E-state index in [2.05, 4.69) is 31.9 Å². The Hall–Kier alpha value is -8.28. The number of amides is 6. The molecule has 4 rings (SSSR count). The topological polar surface area (TPSA) is 501 Å². The first-order chi connectivity index (χ1) is 46.0. The summed E-state index contributed by atoms with van der Waals surface area (Å²) in [5.41, 5.74) is 6.58. The van der Waals surface area contributed by atoms with Gasteiger partial charge in [-0.1, -0.05) is 79.9 Å². The summed E-state index contributed by atoms with van der Waals surface area (Å²) >= 11 is 0. The molecule has 0 bridgehead atoms. The number of carboxylic acids is 1. The van der Waals surface area contributed by atoms with Gasteiger partial charge in [-0.15, -0.1) is 0 Å². The minimum absolute atomic E-state index is 0.0528. The molecule has 97 heavy (non-hydrogen) atoms. The van der Waals surface area contributed by atoms with Gasteiger partial charge in [-0.2, -0.15) is 0 Å². The molecule has 3 aromatic carbocycles. The largest absolute Gasteiger partial charge is 0.481 e. The zero-order valence-corrected chi connectivity index (χ0v) is 53.9. The second kappa shape index (κ2) is 41.1. The Morgan fingerprint density at radius 2 is 1.04 bits per heavy atom. The van der Waals surface area contributed by atoms with E-state index in [1.807, 2.05) is 0 Å². The van der Waals surface area contributed by atoms with Crippen molar-refractivity contribution in [3.05, 3.63) is 128 Å². The number of aromatic nitrogens is 2. The van der Waals surface area contributed by atoms with E-state index in [1.54, 1.807) is 54.6 Å². The van der Waals surface area contributed by atoms with Crippen molar-refractivity contribution in [2.75, 3.05) is 32.8 Å². The number of carbonyl (C=O) groups excluding carboxylic acids is 7. The van der Waals surface area contributed by atoms with Crippen molar-refractivity contribution in [2.24, 2.45) is 5.73 Å². The minimum Gasteiger partial charge on any atom is -0.481 e. The standard InChI is InChI=1S/C65H91F2N9O21/c1-36-57(64(96)76(33-44(68)39-14-7-6-8-15-39)65(97)75(36)32-41-42(66)17-12-18-43(41)67)40-16-11-13-38(29-40)20-24-52(84)69-28-10-5-3-4-9-19-55(87)72-46(22-26-54(86)71-31-49(81)59(91)61(93)51(83)35-78)62(94)74-47(23-27-56(88)89)63(95)73-45(37(2)79)21-25-53(85)70-30-48(80)58(90)60(92)50(82)34-77/h6-8,11-18,29,44-51,58-61,77-78,80-83,90-93H,3-5,9-10,19-28,30-35,68H2,1-2H3,(H,69,84)(H,70,85)(H,71,86)(H,72,87)(H,73,95)(H,74,94)(H,88,89)/t44-,45-,46-,47-,48+,49+,50-,51-,58-,59-,60-,61-/m1/s1. The van der Waals surface area contributed by atoms with Gasteiger partial charge in [0.25, 0.3) is 5.56 Å². The number of nitrogens with one attached hydrogen (secondary N) is 6. The molecule has 19 N–H and O–H groups in total. The van der Waals surface area contributed by atoms with Crippen molar-refractivity contribution in [2.45, 2.75) is 190 Å². The van der Waals surface area contributed by atoms with Gasteiger partial charge in [0.15, 0.2) is 5.78 Å². The molecule has 1 heterocycles. The molecule has 30 nitrogen and oxygen atoms in total. The van der Waals surface area contributed by atoms with Gasteiger partial charge >= 0.3 is 11.7 Å². The molecule has 0 saturated carbocycles. The summed E-state index contributed by atoms with van der Waals surface area (Å²) in [6, 6.07) is 13.4. The van der Waals surface area contributed by atoms with Crippen LogP contribution in [0.25, 0.3) is 11.1 Å². The molecule has 6 amide bonds. The summed E-state index contributed by atoms with van der Waals surface area (Å²) in [4.78, 5) is 132. The highest BCUT2D eigenvalue weighted by atomic mass is 19.1. The van der Waals surface area contributed by atoms with Crippen molar-refractivity contribution >= 4 is 47.2 Å². The fourth-order valence-corrected chi connectivity index (χ4v) is 10.2. The number of aryl methyl sites for hydroxylation is 1. The summed E-state index contributed by atoms with van der Waals surface area (Å²) in [7, 11) is 0. The first-order valence-corrected chi connectivity index (χ1v) is 31.7. The SMILES string of the molecule is CC(=O)[C@@H](CCC(=O)NC[C@H](O)[C@@H](O)[C@H](O)[C@H](O)CO)NC(=O)[C@@H](CCC(=O)O)NC(=O)[C@@H](CCC(=O)NC[C@H](O)[C@@H](O)[C@H](O)[C@H](O)CO)NC(=O)CCCCCCCNC(=O)CCc1cccc(-c2c(C)n(Cc3c(F)cccc3F)c(=O)n(C[C@@H](N)c3ccccc3)c2=O)c1. The number of unbranched alkanes of at least 4 members (excludes halogenated alkanes) is 4. The summed E-state index contributed by atoms with van der Waals surface area (Å²) in [6.07, 6.45) is -15.8. The summed E-state index contributed by atoms with van der Waals surface area (Å²) in [5.74, 6) is -8.68. The molecule has 4 aromatic rings. The van der Waals surface area contributed by atoms with E-state index < -0.39 is 202 Å². The summed E-state index contributed by atoms with van der Waals surface area (Å²) in [6.45, 7) is -1.17. The maximum absolute atomic E-state index is 15.0. The average Bonchev–Trinajstić information content (AvgIpc) is 0.766. The molecule has 1 aromatic heterocycles. The van der Waals surface area contributed by atoms with Crippen LogP contribution in [0.2, 0.25) is 0 Å². The van der Waals surface area contributed by atoms with Gasteiger partial charge in [-0.25, -0.2) is 13.6 Å². The van der Waals surface area contributed by atoms with Crippen molar-refractivity contribution < 1.29 is 103 Å². The molecule has 32 heteroatoms. The van der Waals surface area contributed by atoms with E-state index in [0.29, 0.717) is 48.9 Å². The van der Waals surface area contributed by atoms with Crippen molar-refractivity contribution in [1.82, 2.24) is 41.0 Å². The maximum atomic E-state index is 15.0. The number of hydrogen-bond donors (Lipinski definition) is 18. The molecule has 12 atom stereocenters. The quantitative estimate of drug-likeness (QED) is 0.0196. The molecule has 0 aliphatic rings. The van der Waals surface area contributed by atoms with Gasteiger partial charge < -0.3 is 93.8 Å². The maximum Gasteiger partial charge on any atom is 0.331 e. The molecular formula is C65H91F2N9O21. The van der Waals surface area contributed by atoms with E-state index in [9.17, 15) is 103 Å². The number of aliphatic hydroxyl groups is 10. The number of nitrogens with zero attached hydrogens (tertiary/aromatic N) is 2. The third kappa shape index (κ3) is 26.2. The lowest BCUT2D eigenvalue weighted by molar-refractivity contribution is -0.138. The third-order valence-electron chi connectivity index (χ3n) is 16.2. The lowest BCUT2D eigenvalue weighted by atomic mass is 10.00. The molecule has 0 spiro atoms. The van der Waals surface area contributed by atoms with E-state index in [1.165, 1.54) is 13.0 Å². The van der Waals surface area contributed by atoms with E-state index in [0.717, 1.165) is 28.2 Å². The van der Waals surface area contributed by atoms with Gasteiger partial charge in [0, 0.05) is 69.0 Å². The van der Waals surface area contributed by atoms with Gasteiger partial charge in [0.2, 0.25) is 35.4 Å². The molecular weight excluding hydrogens is 1280 g/mol. The number of aliphatic hydroxyl groups excluding tert-OH is 10. The van der Waals surface area contributed by atoms with E-state index in [4.69, 9.17) is 15.9 Å². The number of benzene rings is 3. The number of nitrogens with two attached hydrogens (primary N) is 1. The van der Waals surface area contributed by atoms with Gasteiger partial charge in [0.05, 0.1) is 50.1 Å². The average molecular weight is 1370 g/mol. The van der Waals surface area contributed by atoms with E-state index >= 15 is 0 Å². The normalized spacial score (nSPS) is 15.2. The van der Waals surface area contributed by atoms with Gasteiger partial charge in [-0.05, 0) is 81.2 Å². The lowest BCUT2D eigenvalue weighted by Gasteiger charge is -2.26. The number of halogens is 2. The Kier molecular flexibility index (Phi) is 34.4. The first-order valence-electron chi connectivity index (χ1n) is 31.7. The molecule has 0 unspecified atom stereocenters.